The molecule has 0 aliphatic heterocycles. The van der Waals surface area contributed by atoms with Crippen LogP contribution in [0.3, 0.4) is 0 Å². The van der Waals surface area contributed by atoms with Gasteiger partial charge in [0.25, 0.3) is 0 Å². The van der Waals surface area contributed by atoms with E-state index in [2.05, 4.69) is 5.32 Å². The Bertz CT molecular complexity index is 599. The van der Waals surface area contributed by atoms with Crippen LogP contribution < -0.4 is 5.32 Å². The molecule has 0 aromatic heterocycles. The molecule has 0 radical (unpaired) electrons. The molecule has 100 valence electrons. The first kappa shape index (κ1) is 14.0. The lowest BCUT2D eigenvalue weighted by molar-refractivity contribution is 0.465. The summed E-state index contributed by atoms with van der Waals surface area (Å²) < 4.78 is 0. The summed E-state index contributed by atoms with van der Waals surface area (Å²) in [5.74, 6) is 0.276. The summed E-state index contributed by atoms with van der Waals surface area (Å²) in [6, 6.07) is 10.8. The Morgan fingerprint density at radius 1 is 1.11 bits per heavy atom. The van der Waals surface area contributed by atoms with Crippen LogP contribution in [0.2, 0.25) is 10.0 Å². The smallest absolute Gasteiger partial charge is 0.121 e. The highest BCUT2D eigenvalue weighted by Crippen LogP contribution is 2.32. The number of aryl methyl sites for hydroxylation is 1. The average molecular weight is 296 g/mol. The van der Waals surface area contributed by atoms with E-state index in [1.807, 2.05) is 26.0 Å². The second kappa shape index (κ2) is 5.72. The largest absolute Gasteiger partial charge is 0.508 e. The molecule has 2 N–H and O–H groups in total. The highest BCUT2D eigenvalue weighted by molar-refractivity contribution is 6.35. The normalized spacial score (nSPS) is 12.2. The first-order valence-electron chi connectivity index (χ1n) is 5.98. The number of rotatable bonds is 3. The highest BCUT2D eigenvalue weighted by atomic mass is 35.5. The van der Waals surface area contributed by atoms with Crippen molar-refractivity contribution in [2.24, 2.45) is 0 Å². The van der Waals surface area contributed by atoms with E-state index in [9.17, 15) is 5.11 Å². The summed E-state index contributed by atoms with van der Waals surface area (Å²) >= 11 is 12.1. The molecule has 1 unspecified atom stereocenters. The molecular weight excluding hydrogens is 281 g/mol. The average Bonchev–Trinajstić information content (AvgIpc) is 2.33. The van der Waals surface area contributed by atoms with Crippen molar-refractivity contribution in [3.8, 4) is 5.75 Å². The van der Waals surface area contributed by atoms with Crippen LogP contribution in [-0.4, -0.2) is 5.11 Å². The molecule has 0 fully saturated rings. The number of phenolic OH excluding ortho intramolecular Hbond substituents is 1. The summed E-state index contributed by atoms with van der Waals surface area (Å²) in [5, 5.41) is 14.4. The number of hydrogen-bond donors (Lipinski definition) is 2. The fourth-order valence-electron chi connectivity index (χ4n) is 1.94. The maximum Gasteiger partial charge on any atom is 0.121 e. The predicted molar refractivity (Wildman–Crippen MR) is 81.3 cm³/mol. The number of nitrogens with one attached hydrogen (secondary N) is 1. The molecule has 2 nitrogen and oxygen atoms in total. The molecular formula is C15H15Cl2NO. The van der Waals surface area contributed by atoms with Crippen LogP contribution in [0.5, 0.6) is 5.75 Å². The summed E-state index contributed by atoms with van der Waals surface area (Å²) in [7, 11) is 0. The van der Waals surface area contributed by atoms with Crippen LogP contribution in [0.25, 0.3) is 0 Å². The molecule has 2 aromatic rings. The number of anilines is 1. The minimum absolute atomic E-state index is 0.0726. The third kappa shape index (κ3) is 3.34. The Morgan fingerprint density at radius 2 is 1.84 bits per heavy atom. The first-order valence-corrected chi connectivity index (χ1v) is 6.74. The topological polar surface area (TPSA) is 32.3 Å². The van der Waals surface area contributed by atoms with Gasteiger partial charge in [-0.3, -0.25) is 0 Å². The van der Waals surface area contributed by atoms with E-state index in [4.69, 9.17) is 23.2 Å². The zero-order chi connectivity index (χ0) is 14.0. The van der Waals surface area contributed by atoms with Crippen molar-refractivity contribution in [2.45, 2.75) is 19.9 Å². The van der Waals surface area contributed by atoms with Crippen LogP contribution in [0.1, 0.15) is 24.1 Å². The van der Waals surface area contributed by atoms with Gasteiger partial charge in [0.1, 0.15) is 5.75 Å². The van der Waals surface area contributed by atoms with E-state index in [-0.39, 0.29) is 11.8 Å². The van der Waals surface area contributed by atoms with Crippen molar-refractivity contribution in [3.63, 3.8) is 0 Å². The summed E-state index contributed by atoms with van der Waals surface area (Å²) in [6.07, 6.45) is 0. The Morgan fingerprint density at radius 3 is 2.53 bits per heavy atom. The zero-order valence-electron chi connectivity index (χ0n) is 10.7. The fraction of sp³-hybridized carbons (Fsp3) is 0.200. The third-order valence-electron chi connectivity index (χ3n) is 2.95. The van der Waals surface area contributed by atoms with Gasteiger partial charge in [0.2, 0.25) is 0 Å². The van der Waals surface area contributed by atoms with Gasteiger partial charge in [-0.25, -0.2) is 0 Å². The molecule has 0 spiro atoms. The van der Waals surface area contributed by atoms with E-state index < -0.39 is 0 Å². The third-order valence-corrected chi connectivity index (χ3v) is 3.52. The Kier molecular flexibility index (Phi) is 4.23. The summed E-state index contributed by atoms with van der Waals surface area (Å²) in [6.45, 7) is 3.90. The number of aromatic hydroxyl groups is 1. The monoisotopic (exact) mass is 295 g/mol. The standard InChI is InChI=1S/C15H15Cl2NO/c1-9-3-5-12(15(19)7-9)10(2)18-14-8-11(16)4-6-13(14)17/h3-8,10,18-19H,1-2H3. The van der Waals surface area contributed by atoms with Gasteiger partial charge in [-0.1, -0.05) is 35.3 Å². The van der Waals surface area contributed by atoms with Gasteiger partial charge in [0.15, 0.2) is 0 Å². The molecule has 0 aliphatic carbocycles. The van der Waals surface area contributed by atoms with E-state index in [1.54, 1.807) is 24.3 Å². The van der Waals surface area contributed by atoms with Gasteiger partial charge < -0.3 is 10.4 Å². The molecule has 0 aliphatic rings. The van der Waals surface area contributed by atoms with Crippen molar-refractivity contribution in [1.82, 2.24) is 0 Å². The van der Waals surface area contributed by atoms with Crippen molar-refractivity contribution in [1.29, 1.82) is 0 Å². The van der Waals surface area contributed by atoms with Gasteiger partial charge in [-0.05, 0) is 43.7 Å². The molecule has 0 amide bonds. The number of phenols is 1. The second-order valence-corrected chi connectivity index (χ2v) is 5.40. The van der Waals surface area contributed by atoms with Gasteiger partial charge >= 0.3 is 0 Å². The van der Waals surface area contributed by atoms with Crippen LogP contribution >= 0.6 is 23.2 Å². The van der Waals surface area contributed by atoms with Crippen LogP contribution in [-0.2, 0) is 0 Å². The predicted octanol–water partition coefficient (Wildman–Crippen LogP) is 5.18. The molecule has 0 bridgehead atoms. The Labute approximate surface area is 123 Å². The lowest BCUT2D eigenvalue weighted by Gasteiger charge is -2.18. The Hall–Kier alpha value is -1.38. The molecule has 1 atom stereocenters. The molecule has 4 heteroatoms. The van der Waals surface area contributed by atoms with Crippen LogP contribution in [0.15, 0.2) is 36.4 Å². The maximum atomic E-state index is 9.96. The highest BCUT2D eigenvalue weighted by Gasteiger charge is 2.12. The number of benzene rings is 2. The molecule has 0 saturated carbocycles. The molecule has 0 saturated heterocycles. The van der Waals surface area contributed by atoms with E-state index >= 15 is 0 Å². The van der Waals surface area contributed by atoms with Crippen molar-refractivity contribution in [3.05, 3.63) is 57.6 Å². The zero-order valence-corrected chi connectivity index (χ0v) is 12.3. The lowest BCUT2D eigenvalue weighted by Crippen LogP contribution is -2.07. The van der Waals surface area contributed by atoms with E-state index in [0.29, 0.717) is 10.0 Å². The molecule has 2 rings (SSSR count). The number of halogens is 2. The van der Waals surface area contributed by atoms with Crippen molar-refractivity contribution >= 4 is 28.9 Å². The van der Waals surface area contributed by atoms with Crippen LogP contribution in [0, 0.1) is 6.92 Å². The minimum Gasteiger partial charge on any atom is -0.508 e. The number of hydrogen-bond acceptors (Lipinski definition) is 2. The van der Waals surface area contributed by atoms with Gasteiger partial charge in [-0.15, -0.1) is 0 Å². The Balaban J connectivity index is 2.25. The first-order chi connectivity index (χ1) is 8.97. The van der Waals surface area contributed by atoms with Crippen molar-refractivity contribution in [2.75, 3.05) is 5.32 Å². The fourth-order valence-corrected chi connectivity index (χ4v) is 2.28. The summed E-state index contributed by atoms with van der Waals surface area (Å²) in [5.41, 5.74) is 2.59. The van der Waals surface area contributed by atoms with E-state index in [0.717, 1.165) is 16.8 Å². The quantitative estimate of drug-likeness (QED) is 0.818. The molecule has 0 heterocycles. The SMILES string of the molecule is Cc1ccc(C(C)Nc2cc(Cl)ccc2Cl)c(O)c1. The van der Waals surface area contributed by atoms with Gasteiger partial charge in [-0.2, -0.15) is 0 Å². The van der Waals surface area contributed by atoms with E-state index in [1.165, 1.54) is 0 Å². The minimum atomic E-state index is -0.0726. The lowest BCUT2D eigenvalue weighted by atomic mass is 10.0. The van der Waals surface area contributed by atoms with Crippen LogP contribution in [0.4, 0.5) is 5.69 Å². The maximum absolute atomic E-state index is 9.96. The van der Waals surface area contributed by atoms with Gasteiger partial charge in [0, 0.05) is 10.6 Å². The second-order valence-electron chi connectivity index (χ2n) is 4.55. The molecule has 19 heavy (non-hydrogen) atoms. The molecule has 2 aromatic carbocycles. The summed E-state index contributed by atoms with van der Waals surface area (Å²) in [4.78, 5) is 0. The van der Waals surface area contributed by atoms with Gasteiger partial charge in [0.05, 0.1) is 16.8 Å². The van der Waals surface area contributed by atoms with Crippen molar-refractivity contribution < 1.29 is 5.11 Å².